The fraction of sp³-hybridized carbons (Fsp3) is 0.300. The van der Waals surface area contributed by atoms with E-state index in [0.717, 1.165) is 10.5 Å². The maximum atomic E-state index is 12.6. The van der Waals surface area contributed by atoms with Crippen molar-refractivity contribution in [2.75, 3.05) is 32.7 Å². The van der Waals surface area contributed by atoms with Gasteiger partial charge in [0.1, 0.15) is 0 Å². The zero-order valence-corrected chi connectivity index (χ0v) is 16.2. The molecule has 1 aliphatic heterocycles. The highest BCUT2D eigenvalue weighted by atomic mass is 35.5. The second kappa shape index (κ2) is 8.62. The second-order valence-corrected chi connectivity index (χ2v) is 7.76. The zero-order chi connectivity index (χ0) is 18.5. The van der Waals surface area contributed by atoms with E-state index in [1.807, 2.05) is 35.4 Å². The van der Waals surface area contributed by atoms with Crippen molar-refractivity contribution in [2.24, 2.45) is 0 Å². The summed E-state index contributed by atoms with van der Waals surface area (Å²) in [6.07, 6.45) is 1.93. The number of nitrogens with zero attached hydrogens (tertiary/aromatic N) is 2. The summed E-state index contributed by atoms with van der Waals surface area (Å²) in [6, 6.07) is 10.9. The largest absolute Gasteiger partial charge is 0.336 e. The maximum absolute atomic E-state index is 12.6. The Bertz CT molecular complexity index is 792. The number of halogens is 1. The van der Waals surface area contributed by atoms with Crippen molar-refractivity contribution in [1.82, 2.24) is 9.80 Å². The minimum Gasteiger partial charge on any atom is -0.336 e. The Hall–Kier alpha value is -1.95. The predicted molar refractivity (Wildman–Crippen MR) is 107 cm³/mol. The zero-order valence-electron chi connectivity index (χ0n) is 14.7. The first kappa shape index (κ1) is 18.8. The van der Waals surface area contributed by atoms with Crippen LogP contribution in [0.3, 0.4) is 0 Å². The van der Waals surface area contributed by atoms with E-state index in [0.29, 0.717) is 43.3 Å². The molecule has 0 N–H and O–H groups in total. The number of carbonyl (C=O) groups excluding carboxylic acids is 2. The van der Waals surface area contributed by atoms with E-state index in [2.05, 4.69) is 4.90 Å². The standard InChI is InChI=1S/C20H21ClN2O2S/c1-15(13-18-3-2-12-26-18)20(25)23-10-8-22(9-11-23)14-19(24)16-4-6-17(21)7-5-16/h2-7,12-13H,8-11,14H2,1H3/b15-13+. The molecule has 1 amide bonds. The lowest BCUT2D eigenvalue weighted by molar-refractivity contribution is -0.128. The summed E-state index contributed by atoms with van der Waals surface area (Å²) in [4.78, 5) is 30.0. The Morgan fingerprint density at radius 1 is 1.12 bits per heavy atom. The van der Waals surface area contributed by atoms with Crippen molar-refractivity contribution in [3.63, 3.8) is 0 Å². The van der Waals surface area contributed by atoms with Crippen LogP contribution in [-0.2, 0) is 4.79 Å². The van der Waals surface area contributed by atoms with Crippen molar-refractivity contribution in [3.8, 4) is 0 Å². The van der Waals surface area contributed by atoms with E-state index >= 15 is 0 Å². The molecular weight excluding hydrogens is 368 g/mol. The number of thiophene rings is 1. The molecule has 3 rings (SSSR count). The van der Waals surface area contributed by atoms with E-state index in [9.17, 15) is 9.59 Å². The van der Waals surface area contributed by atoms with Gasteiger partial charge < -0.3 is 4.90 Å². The normalized spacial score (nSPS) is 15.9. The molecule has 6 heteroatoms. The van der Waals surface area contributed by atoms with Crippen LogP contribution in [0.15, 0.2) is 47.4 Å². The molecule has 2 aromatic rings. The summed E-state index contributed by atoms with van der Waals surface area (Å²) >= 11 is 7.48. The average Bonchev–Trinajstić information content (AvgIpc) is 3.15. The van der Waals surface area contributed by atoms with E-state index in [-0.39, 0.29) is 11.7 Å². The number of carbonyl (C=O) groups is 2. The number of amides is 1. The molecule has 4 nitrogen and oxygen atoms in total. The van der Waals surface area contributed by atoms with Crippen LogP contribution in [0.5, 0.6) is 0 Å². The summed E-state index contributed by atoms with van der Waals surface area (Å²) in [7, 11) is 0. The highest BCUT2D eigenvalue weighted by Crippen LogP contribution is 2.16. The van der Waals surface area contributed by atoms with Crippen LogP contribution in [0.1, 0.15) is 22.2 Å². The average molecular weight is 389 g/mol. The molecule has 1 aromatic carbocycles. The molecule has 1 saturated heterocycles. The number of Topliss-reactive ketones (excluding diaryl/α,β-unsaturated/α-hetero) is 1. The van der Waals surface area contributed by atoms with Gasteiger partial charge in [0.05, 0.1) is 6.54 Å². The van der Waals surface area contributed by atoms with Crippen LogP contribution < -0.4 is 0 Å². The van der Waals surface area contributed by atoms with Crippen LogP contribution in [0.2, 0.25) is 5.02 Å². The third kappa shape index (κ3) is 4.81. The highest BCUT2D eigenvalue weighted by Gasteiger charge is 2.23. The quantitative estimate of drug-likeness (QED) is 0.577. The number of piperazine rings is 1. The van der Waals surface area contributed by atoms with Crippen LogP contribution in [0.4, 0.5) is 0 Å². The fourth-order valence-electron chi connectivity index (χ4n) is 2.94. The number of ketones is 1. The van der Waals surface area contributed by atoms with E-state index in [1.165, 1.54) is 0 Å². The van der Waals surface area contributed by atoms with Crippen molar-refractivity contribution in [2.45, 2.75) is 6.92 Å². The highest BCUT2D eigenvalue weighted by molar-refractivity contribution is 7.10. The van der Waals surface area contributed by atoms with Gasteiger partial charge in [0.25, 0.3) is 0 Å². The van der Waals surface area contributed by atoms with Gasteiger partial charge in [0.2, 0.25) is 5.91 Å². The number of hydrogen-bond acceptors (Lipinski definition) is 4. The molecule has 0 saturated carbocycles. The molecule has 1 fully saturated rings. The lowest BCUT2D eigenvalue weighted by Crippen LogP contribution is -2.50. The summed E-state index contributed by atoms with van der Waals surface area (Å²) in [5.41, 5.74) is 1.42. The Labute approximate surface area is 162 Å². The van der Waals surface area contributed by atoms with Gasteiger partial charge in [0.15, 0.2) is 5.78 Å². The first-order valence-electron chi connectivity index (χ1n) is 8.55. The van der Waals surface area contributed by atoms with Crippen LogP contribution in [0.25, 0.3) is 6.08 Å². The van der Waals surface area contributed by atoms with Crippen molar-refractivity contribution in [1.29, 1.82) is 0 Å². The fourth-order valence-corrected chi connectivity index (χ4v) is 3.78. The molecule has 26 heavy (non-hydrogen) atoms. The van der Waals surface area contributed by atoms with E-state index in [4.69, 9.17) is 11.6 Å². The molecule has 0 spiro atoms. The molecule has 0 aliphatic carbocycles. The van der Waals surface area contributed by atoms with E-state index in [1.54, 1.807) is 35.6 Å². The second-order valence-electron chi connectivity index (χ2n) is 6.34. The molecule has 0 bridgehead atoms. The van der Waals surface area contributed by atoms with E-state index < -0.39 is 0 Å². The monoisotopic (exact) mass is 388 g/mol. The molecule has 0 atom stereocenters. The topological polar surface area (TPSA) is 40.6 Å². The maximum Gasteiger partial charge on any atom is 0.249 e. The molecule has 1 aliphatic rings. The van der Waals surface area contributed by atoms with Gasteiger partial charge in [-0.2, -0.15) is 0 Å². The number of benzene rings is 1. The predicted octanol–water partition coefficient (Wildman–Crippen LogP) is 3.83. The third-order valence-electron chi connectivity index (χ3n) is 4.43. The molecule has 2 heterocycles. The Morgan fingerprint density at radius 3 is 2.42 bits per heavy atom. The summed E-state index contributed by atoms with van der Waals surface area (Å²) in [5.74, 6) is 0.150. The minimum atomic E-state index is 0.0714. The van der Waals surface area contributed by atoms with Crippen LogP contribution in [-0.4, -0.2) is 54.2 Å². The first-order chi connectivity index (χ1) is 12.5. The smallest absolute Gasteiger partial charge is 0.249 e. The van der Waals surface area contributed by atoms with Gasteiger partial charge in [-0.3, -0.25) is 14.5 Å². The van der Waals surface area contributed by atoms with Gasteiger partial charge in [-0.15, -0.1) is 11.3 Å². The van der Waals surface area contributed by atoms with Gasteiger partial charge in [-0.25, -0.2) is 0 Å². The van der Waals surface area contributed by atoms with Gasteiger partial charge in [-0.05, 0) is 48.7 Å². The minimum absolute atomic E-state index is 0.0714. The summed E-state index contributed by atoms with van der Waals surface area (Å²) in [5, 5.41) is 2.62. The molecular formula is C20H21ClN2O2S. The van der Waals surface area contributed by atoms with Crippen LogP contribution in [0, 0.1) is 0 Å². The summed E-state index contributed by atoms with van der Waals surface area (Å²) < 4.78 is 0. The van der Waals surface area contributed by atoms with Crippen molar-refractivity contribution >= 4 is 40.7 Å². The van der Waals surface area contributed by atoms with Gasteiger partial charge in [-0.1, -0.05) is 17.7 Å². The molecule has 0 unspecified atom stereocenters. The Balaban J connectivity index is 1.51. The lowest BCUT2D eigenvalue weighted by Gasteiger charge is -2.34. The van der Waals surface area contributed by atoms with Gasteiger partial charge in [0, 0.05) is 47.2 Å². The first-order valence-corrected chi connectivity index (χ1v) is 9.81. The molecule has 0 radical (unpaired) electrons. The van der Waals surface area contributed by atoms with Crippen molar-refractivity contribution < 1.29 is 9.59 Å². The Kier molecular flexibility index (Phi) is 6.25. The Morgan fingerprint density at radius 2 is 1.81 bits per heavy atom. The lowest BCUT2D eigenvalue weighted by atomic mass is 10.1. The van der Waals surface area contributed by atoms with Crippen molar-refractivity contribution in [3.05, 3.63) is 62.8 Å². The molecule has 1 aromatic heterocycles. The molecule has 136 valence electrons. The number of hydrogen-bond donors (Lipinski definition) is 0. The van der Waals surface area contributed by atoms with Gasteiger partial charge >= 0.3 is 0 Å². The number of rotatable bonds is 5. The summed E-state index contributed by atoms with van der Waals surface area (Å²) in [6.45, 7) is 4.92. The van der Waals surface area contributed by atoms with Crippen LogP contribution >= 0.6 is 22.9 Å². The SMILES string of the molecule is C/C(=C\c1cccs1)C(=O)N1CCN(CC(=O)c2ccc(Cl)cc2)CC1. The third-order valence-corrected chi connectivity index (χ3v) is 5.50.